The number of hydrogen-bond acceptors (Lipinski definition) is 5. The fourth-order valence-corrected chi connectivity index (χ4v) is 2.91. The topological polar surface area (TPSA) is 78.3 Å². The second-order valence-electron chi connectivity index (χ2n) is 6.98. The van der Waals surface area contributed by atoms with E-state index >= 15 is 0 Å². The quantitative estimate of drug-likeness (QED) is 0.791. The van der Waals surface area contributed by atoms with E-state index in [4.69, 9.17) is 9.15 Å². The maximum Gasteiger partial charge on any atom is 0.414 e. The number of carbonyl (C=O) groups is 2. The number of anilines is 2. The Morgan fingerprint density at radius 1 is 1.21 bits per heavy atom. The minimum absolute atomic E-state index is 0.225. The number of amides is 3. The third-order valence-corrected chi connectivity index (χ3v) is 4.42. The van der Waals surface area contributed by atoms with E-state index in [1.807, 2.05) is 44.1 Å². The fourth-order valence-electron chi connectivity index (χ4n) is 2.91. The van der Waals surface area contributed by atoms with Crippen LogP contribution in [-0.2, 0) is 11.3 Å². The third-order valence-electron chi connectivity index (χ3n) is 4.42. The summed E-state index contributed by atoms with van der Waals surface area (Å²) in [7, 11) is 3.93. The number of nitrogens with zero attached hydrogens (tertiary/aromatic N) is 3. The first-order valence-electron chi connectivity index (χ1n) is 9.23. The van der Waals surface area contributed by atoms with E-state index in [0.29, 0.717) is 37.6 Å². The third kappa shape index (κ3) is 5.04. The van der Waals surface area contributed by atoms with Crippen LogP contribution in [0.3, 0.4) is 0 Å². The van der Waals surface area contributed by atoms with Crippen LogP contribution in [0.2, 0.25) is 0 Å². The van der Waals surface area contributed by atoms with E-state index in [1.54, 1.807) is 28.0 Å². The average Bonchev–Trinajstić information content (AvgIpc) is 3.26. The van der Waals surface area contributed by atoms with Crippen molar-refractivity contribution < 1.29 is 18.7 Å². The van der Waals surface area contributed by atoms with E-state index in [0.717, 1.165) is 18.1 Å². The van der Waals surface area contributed by atoms with Crippen LogP contribution in [0.25, 0.3) is 0 Å². The van der Waals surface area contributed by atoms with Gasteiger partial charge in [0.05, 0.1) is 13.1 Å². The number of cyclic esters (lactones) is 1. The lowest BCUT2D eigenvalue weighted by molar-refractivity contribution is 0.181. The maximum absolute atomic E-state index is 12.9. The summed E-state index contributed by atoms with van der Waals surface area (Å²) in [6.07, 6.45) is -0.371. The van der Waals surface area contributed by atoms with Crippen LogP contribution in [0.5, 0.6) is 0 Å². The second kappa shape index (κ2) is 8.79. The predicted molar refractivity (Wildman–Crippen MR) is 107 cm³/mol. The Hall–Kier alpha value is -3.00. The number of nitrogens with one attached hydrogen (secondary N) is 1. The molecule has 1 aliphatic heterocycles. The number of benzene rings is 1. The Morgan fingerprint density at radius 2 is 2.04 bits per heavy atom. The largest absolute Gasteiger partial charge is 0.464 e. The SMILES string of the molecule is Cc1ccc(CN(CCN(C)C)C(=O)Nc2cccc(N3CCOC3=O)c2)o1. The lowest BCUT2D eigenvalue weighted by Gasteiger charge is -2.24. The monoisotopic (exact) mass is 386 g/mol. The smallest absolute Gasteiger partial charge is 0.414 e. The van der Waals surface area contributed by atoms with Gasteiger partial charge in [0.2, 0.25) is 0 Å². The number of ether oxygens (including phenoxy) is 1. The van der Waals surface area contributed by atoms with Crippen molar-refractivity contribution in [2.24, 2.45) is 0 Å². The van der Waals surface area contributed by atoms with Gasteiger partial charge in [-0.05, 0) is 51.4 Å². The first-order chi connectivity index (χ1) is 13.4. The number of urea groups is 1. The zero-order valence-electron chi connectivity index (χ0n) is 16.5. The summed E-state index contributed by atoms with van der Waals surface area (Å²) in [5, 5.41) is 2.92. The zero-order chi connectivity index (χ0) is 20.1. The molecule has 0 atom stereocenters. The van der Waals surface area contributed by atoms with Gasteiger partial charge in [-0.15, -0.1) is 0 Å². The van der Waals surface area contributed by atoms with Gasteiger partial charge in [-0.25, -0.2) is 9.59 Å². The number of likely N-dealkylation sites (N-methyl/N-ethyl adjacent to an activating group) is 1. The molecule has 1 N–H and O–H groups in total. The zero-order valence-corrected chi connectivity index (χ0v) is 16.5. The van der Waals surface area contributed by atoms with Gasteiger partial charge in [0.15, 0.2) is 0 Å². The number of furan rings is 1. The second-order valence-corrected chi connectivity index (χ2v) is 6.98. The van der Waals surface area contributed by atoms with Gasteiger partial charge in [0.1, 0.15) is 18.1 Å². The first-order valence-corrected chi connectivity index (χ1v) is 9.23. The molecule has 0 saturated carbocycles. The lowest BCUT2D eigenvalue weighted by Crippen LogP contribution is -2.39. The molecule has 150 valence electrons. The van der Waals surface area contributed by atoms with Crippen molar-refractivity contribution in [2.45, 2.75) is 13.5 Å². The first kappa shape index (κ1) is 19.8. The molecule has 8 nitrogen and oxygen atoms in total. The average molecular weight is 386 g/mol. The summed E-state index contributed by atoms with van der Waals surface area (Å²) >= 11 is 0. The molecule has 28 heavy (non-hydrogen) atoms. The van der Waals surface area contributed by atoms with E-state index in [9.17, 15) is 9.59 Å². The van der Waals surface area contributed by atoms with Crippen molar-refractivity contribution in [3.05, 3.63) is 47.9 Å². The van der Waals surface area contributed by atoms with Gasteiger partial charge < -0.3 is 24.3 Å². The van der Waals surface area contributed by atoms with Crippen molar-refractivity contribution in [1.82, 2.24) is 9.80 Å². The van der Waals surface area contributed by atoms with E-state index < -0.39 is 0 Å². The minimum Gasteiger partial charge on any atom is -0.464 e. The Morgan fingerprint density at radius 3 is 2.68 bits per heavy atom. The molecule has 0 radical (unpaired) electrons. The van der Waals surface area contributed by atoms with Crippen LogP contribution in [0.1, 0.15) is 11.5 Å². The molecule has 0 aliphatic carbocycles. The molecule has 0 spiro atoms. The maximum atomic E-state index is 12.9. The molecule has 1 saturated heterocycles. The van der Waals surface area contributed by atoms with Crippen molar-refractivity contribution >= 4 is 23.5 Å². The molecule has 8 heteroatoms. The van der Waals surface area contributed by atoms with E-state index in [2.05, 4.69) is 5.32 Å². The highest BCUT2D eigenvalue weighted by atomic mass is 16.6. The molecule has 1 aromatic heterocycles. The molecule has 2 aromatic rings. The fraction of sp³-hybridized carbons (Fsp3) is 0.400. The van der Waals surface area contributed by atoms with Gasteiger partial charge in [-0.1, -0.05) is 6.07 Å². The van der Waals surface area contributed by atoms with Gasteiger partial charge in [0.25, 0.3) is 0 Å². The van der Waals surface area contributed by atoms with Crippen LogP contribution in [0, 0.1) is 6.92 Å². The molecule has 1 aromatic carbocycles. The summed E-state index contributed by atoms with van der Waals surface area (Å²) in [5.41, 5.74) is 1.31. The van der Waals surface area contributed by atoms with Gasteiger partial charge in [-0.3, -0.25) is 4.90 Å². The van der Waals surface area contributed by atoms with Crippen LogP contribution in [0.15, 0.2) is 40.8 Å². The van der Waals surface area contributed by atoms with Gasteiger partial charge >= 0.3 is 12.1 Å². The number of rotatable bonds is 7. The highest BCUT2D eigenvalue weighted by Crippen LogP contribution is 2.23. The summed E-state index contributed by atoms with van der Waals surface area (Å²) in [5.74, 6) is 1.55. The van der Waals surface area contributed by atoms with E-state index in [1.165, 1.54) is 0 Å². The molecular formula is C20H26N4O4. The van der Waals surface area contributed by atoms with Crippen LogP contribution >= 0.6 is 0 Å². The molecule has 1 aliphatic rings. The molecule has 0 unspecified atom stereocenters. The highest BCUT2D eigenvalue weighted by molar-refractivity contribution is 5.93. The Bertz CT molecular complexity index is 833. The Kier molecular flexibility index (Phi) is 6.20. The molecular weight excluding hydrogens is 360 g/mol. The van der Waals surface area contributed by atoms with Gasteiger partial charge in [0, 0.05) is 24.5 Å². The summed E-state index contributed by atoms with van der Waals surface area (Å²) in [4.78, 5) is 29.9. The van der Waals surface area contributed by atoms with Crippen LogP contribution in [0.4, 0.5) is 21.0 Å². The van der Waals surface area contributed by atoms with Crippen LogP contribution < -0.4 is 10.2 Å². The van der Waals surface area contributed by atoms with Crippen molar-refractivity contribution in [2.75, 3.05) is 50.6 Å². The van der Waals surface area contributed by atoms with Crippen LogP contribution in [-0.4, -0.2) is 62.3 Å². The molecule has 3 amide bonds. The predicted octanol–water partition coefficient (Wildman–Crippen LogP) is 3.14. The summed E-state index contributed by atoms with van der Waals surface area (Å²) < 4.78 is 10.6. The number of hydrogen-bond donors (Lipinski definition) is 1. The molecule has 0 bridgehead atoms. The standard InChI is InChI=1S/C20H26N4O4/c1-15-7-8-18(28-15)14-23(10-9-22(2)3)19(25)21-16-5-4-6-17(13-16)24-11-12-27-20(24)26/h4-8,13H,9-12,14H2,1-3H3,(H,21,25). The lowest BCUT2D eigenvalue weighted by atomic mass is 10.2. The number of aryl methyl sites for hydroxylation is 1. The summed E-state index contributed by atoms with van der Waals surface area (Å²) in [6.45, 7) is 4.41. The normalized spacial score (nSPS) is 13.7. The summed E-state index contributed by atoms with van der Waals surface area (Å²) in [6, 6.07) is 10.7. The van der Waals surface area contributed by atoms with Crippen molar-refractivity contribution in [3.8, 4) is 0 Å². The van der Waals surface area contributed by atoms with E-state index in [-0.39, 0.29) is 12.1 Å². The van der Waals surface area contributed by atoms with Crippen molar-refractivity contribution in [3.63, 3.8) is 0 Å². The molecule has 2 heterocycles. The Balaban J connectivity index is 1.70. The Labute approximate surface area is 164 Å². The molecule has 3 rings (SSSR count). The van der Waals surface area contributed by atoms with Crippen molar-refractivity contribution in [1.29, 1.82) is 0 Å². The minimum atomic E-state index is -0.371. The highest BCUT2D eigenvalue weighted by Gasteiger charge is 2.24. The molecule has 1 fully saturated rings. The number of carbonyl (C=O) groups excluding carboxylic acids is 2. The van der Waals surface area contributed by atoms with Gasteiger partial charge in [-0.2, -0.15) is 0 Å².